The quantitative estimate of drug-likeness (QED) is 0.116. The van der Waals surface area contributed by atoms with Crippen LogP contribution in [0.5, 0.6) is 28.7 Å². The molecule has 0 spiro atoms. The lowest BCUT2D eigenvalue weighted by molar-refractivity contribution is 0.142. The number of hydrogen-bond donors (Lipinski definition) is 0. The van der Waals surface area contributed by atoms with Gasteiger partial charge in [-0.3, -0.25) is 0 Å². The van der Waals surface area contributed by atoms with E-state index in [0.717, 1.165) is 74.6 Å². The highest BCUT2D eigenvalue weighted by Crippen LogP contribution is 2.51. The van der Waals surface area contributed by atoms with Crippen molar-refractivity contribution < 1.29 is 31.7 Å². The van der Waals surface area contributed by atoms with Crippen LogP contribution in [0.4, 0.5) is 0 Å². The molecule has 0 bridgehead atoms. The van der Waals surface area contributed by atoms with E-state index in [1.54, 1.807) is 14.2 Å². The van der Waals surface area contributed by atoms with E-state index in [2.05, 4.69) is 85.7 Å². The van der Waals surface area contributed by atoms with Crippen molar-refractivity contribution in [3.05, 3.63) is 99.5 Å². The fourth-order valence-corrected chi connectivity index (χ4v) is 8.94. The molecule has 0 aliphatic rings. The number of hydrogen-bond acceptors (Lipinski definition) is 7. The van der Waals surface area contributed by atoms with Gasteiger partial charge in [-0.25, -0.2) is 0 Å². The van der Waals surface area contributed by atoms with E-state index in [4.69, 9.17) is 31.7 Å². The smallest absolute Gasteiger partial charge is 0.452 e. The Hall–Kier alpha value is -4.05. The van der Waals surface area contributed by atoms with E-state index >= 15 is 0 Å². The molecular formula is C47H62O7P2. The van der Waals surface area contributed by atoms with Gasteiger partial charge < -0.3 is 31.7 Å². The first-order valence-corrected chi connectivity index (χ1v) is 21.5. The van der Waals surface area contributed by atoms with Gasteiger partial charge in [-0.1, -0.05) is 73.6 Å². The molecule has 1 unspecified atom stereocenters. The van der Waals surface area contributed by atoms with Crippen LogP contribution in [-0.2, 0) is 10.8 Å². The van der Waals surface area contributed by atoms with Crippen molar-refractivity contribution in [2.24, 2.45) is 0 Å². The van der Waals surface area contributed by atoms with Crippen LogP contribution in [0.3, 0.4) is 0 Å². The fourth-order valence-electron chi connectivity index (χ4n) is 6.72. The van der Waals surface area contributed by atoms with Gasteiger partial charge in [0.1, 0.15) is 49.1 Å². The van der Waals surface area contributed by atoms with Gasteiger partial charge in [-0.15, -0.1) is 0 Å². The number of benzene rings is 4. The van der Waals surface area contributed by atoms with Crippen molar-refractivity contribution in [3.8, 4) is 39.9 Å². The van der Waals surface area contributed by atoms with Crippen molar-refractivity contribution in [2.75, 3.05) is 14.2 Å². The molecule has 1 aromatic heterocycles. The third-order valence-corrected chi connectivity index (χ3v) is 13.5. The van der Waals surface area contributed by atoms with Gasteiger partial charge in [0.15, 0.2) is 5.34 Å². The topological polar surface area (TPSA) is 72.4 Å². The van der Waals surface area contributed by atoms with E-state index < -0.39 is 13.6 Å². The van der Waals surface area contributed by atoms with Gasteiger partial charge in [0.2, 0.25) is 0 Å². The average Bonchev–Trinajstić information content (AvgIpc) is 3.23. The minimum Gasteiger partial charge on any atom is -0.497 e. The SMILES string of the molecule is CCC(CC)(Oc1cc2ccc(C(C)(C)C)cc2cc1C(C)(C)C)POc1c(C)cc(OC)cc1-c1cc(OC)cc(C)c1Op1oc(C)c(C)c(C)c(C)o1. The van der Waals surface area contributed by atoms with Crippen molar-refractivity contribution in [1.82, 2.24) is 0 Å². The largest absolute Gasteiger partial charge is 0.497 e. The molecule has 7 nitrogen and oxygen atoms in total. The normalized spacial score (nSPS) is 12.4. The monoisotopic (exact) mass is 800 g/mol. The second kappa shape index (κ2) is 16.8. The van der Waals surface area contributed by atoms with Crippen molar-refractivity contribution in [1.29, 1.82) is 0 Å². The summed E-state index contributed by atoms with van der Waals surface area (Å²) in [5.74, 6) is 5.15. The van der Waals surface area contributed by atoms with Crippen LogP contribution in [0.15, 0.2) is 63.0 Å². The highest BCUT2D eigenvalue weighted by molar-refractivity contribution is 7.34. The van der Waals surface area contributed by atoms with Crippen molar-refractivity contribution in [3.63, 3.8) is 0 Å². The van der Waals surface area contributed by atoms with Gasteiger partial charge in [0.05, 0.1) is 14.2 Å². The van der Waals surface area contributed by atoms with E-state index in [-0.39, 0.29) is 19.6 Å². The Morgan fingerprint density at radius 2 is 1.16 bits per heavy atom. The molecule has 1 heterocycles. The predicted molar refractivity (Wildman–Crippen MR) is 235 cm³/mol. The Morgan fingerprint density at radius 3 is 1.66 bits per heavy atom. The van der Waals surface area contributed by atoms with Gasteiger partial charge in [0, 0.05) is 16.7 Å². The molecule has 9 heteroatoms. The number of methoxy groups -OCH3 is 2. The summed E-state index contributed by atoms with van der Waals surface area (Å²) in [6.07, 6.45) is 1.50. The Kier molecular flexibility index (Phi) is 12.9. The van der Waals surface area contributed by atoms with Crippen LogP contribution in [0.1, 0.15) is 113 Å². The molecule has 0 radical (unpaired) electrons. The maximum Gasteiger partial charge on any atom is 0.452 e. The summed E-state index contributed by atoms with van der Waals surface area (Å²) in [6, 6.07) is 19.2. The number of rotatable bonds is 12. The summed E-state index contributed by atoms with van der Waals surface area (Å²) in [4.78, 5) is 0. The second-order valence-electron chi connectivity index (χ2n) is 16.9. The summed E-state index contributed by atoms with van der Waals surface area (Å²) < 4.78 is 45.1. The Bertz CT molecular complexity index is 2220. The predicted octanol–water partition coefficient (Wildman–Crippen LogP) is 14.7. The summed E-state index contributed by atoms with van der Waals surface area (Å²) in [7, 11) is 1.50. The summed E-state index contributed by atoms with van der Waals surface area (Å²) in [5.41, 5.74) is 7.84. The summed E-state index contributed by atoms with van der Waals surface area (Å²) >= 11 is 0. The van der Waals surface area contributed by atoms with E-state index in [9.17, 15) is 0 Å². The van der Waals surface area contributed by atoms with Crippen LogP contribution in [0, 0.1) is 41.5 Å². The molecule has 0 aliphatic carbocycles. The van der Waals surface area contributed by atoms with Gasteiger partial charge in [-0.2, -0.15) is 0 Å². The molecule has 4 aromatic carbocycles. The average molecular weight is 801 g/mol. The molecule has 5 rings (SSSR count). The van der Waals surface area contributed by atoms with Gasteiger partial charge in [0.25, 0.3) is 0 Å². The van der Waals surface area contributed by atoms with E-state index in [1.165, 1.54) is 16.5 Å². The third kappa shape index (κ3) is 9.22. The lowest BCUT2D eigenvalue weighted by Crippen LogP contribution is -2.31. The van der Waals surface area contributed by atoms with Gasteiger partial charge >= 0.3 is 8.24 Å². The highest BCUT2D eigenvalue weighted by Gasteiger charge is 2.34. The minimum absolute atomic E-state index is 0.0305. The Labute approximate surface area is 337 Å². The van der Waals surface area contributed by atoms with E-state index in [0.29, 0.717) is 17.2 Å². The molecule has 56 heavy (non-hydrogen) atoms. The second-order valence-corrected chi connectivity index (χ2v) is 19.2. The zero-order valence-electron chi connectivity index (χ0n) is 36.4. The van der Waals surface area contributed by atoms with Gasteiger partial charge in [-0.05, 0) is 140 Å². The van der Waals surface area contributed by atoms with Crippen molar-refractivity contribution >= 4 is 27.8 Å². The zero-order chi connectivity index (χ0) is 41.3. The first kappa shape index (κ1) is 43.1. The number of aryl methyl sites for hydroxylation is 4. The third-order valence-electron chi connectivity index (χ3n) is 10.9. The molecular weight excluding hydrogens is 738 g/mol. The maximum absolute atomic E-state index is 7.22. The molecule has 302 valence electrons. The first-order valence-electron chi connectivity index (χ1n) is 19.5. The Morgan fingerprint density at radius 1 is 0.625 bits per heavy atom. The van der Waals surface area contributed by atoms with Crippen LogP contribution >= 0.6 is 17.0 Å². The minimum atomic E-state index is -1.81. The molecule has 0 amide bonds. The van der Waals surface area contributed by atoms with Crippen LogP contribution in [0.2, 0.25) is 0 Å². The summed E-state index contributed by atoms with van der Waals surface area (Å²) in [5, 5.41) is 1.78. The molecule has 1 atom stereocenters. The summed E-state index contributed by atoms with van der Waals surface area (Å²) in [6.45, 7) is 29.9. The van der Waals surface area contributed by atoms with E-state index in [1.807, 2.05) is 65.8 Å². The first-order chi connectivity index (χ1) is 26.2. The van der Waals surface area contributed by atoms with Crippen LogP contribution < -0.4 is 23.3 Å². The highest BCUT2D eigenvalue weighted by atomic mass is 31.1. The van der Waals surface area contributed by atoms with Crippen LogP contribution in [-0.4, -0.2) is 19.6 Å². The number of fused-ring (bicyclic) bond motifs is 1. The molecule has 0 aliphatic heterocycles. The van der Waals surface area contributed by atoms with Crippen LogP contribution in [0.25, 0.3) is 21.9 Å². The van der Waals surface area contributed by atoms with Crippen molar-refractivity contribution in [2.45, 2.75) is 126 Å². The standard InChI is InChI=1S/C47H62O7P2/c1-17-47(18-2,50-42-25-34-19-20-36(45(9,10)11)23-35(34)24-41(42)46(12,13)14)55-51-43-28(3)21-37(48-15)26-39(43)40-27-38(49-16)22-29(4)44(40)54-56-52-32(7)30(5)31(6)33(8)53-56/h19-27,55H,17-18H2,1-16H3. The Balaban J connectivity index is 1.62. The molecule has 0 fully saturated rings. The lowest BCUT2D eigenvalue weighted by Gasteiger charge is -2.35. The zero-order valence-corrected chi connectivity index (χ0v) is 38.3. The molecule has 0 saturated heterocycles. The molecule has 0 saturated carbocycles. The fraction of sp³-hybridized carbons (Fsp3) is 0.447. The maximum atomic E-state index is 7.22. The molecule has 5 aromatic rings. The lowest BCUT2D eigenvalue weighted by atomic mass is 9.82. The number of ether oxygens (including phenoxy) is 3. The molecule has 0 N–H and O–H groups in total.